The van der Waals surface area contributed by atoms with Crippen LogP contribution in [0.25, 0.3) is 0 Å². The van der Waals surface area contributed by atoms with E-state index < -0.39 is 0 Å². The van der Waals surface area contributed by atoms with Gasteiger partial charge in [0.2, 0.25) is 0 Å². The van der Waals surface area contributed by atoms with Gasteiger partial charge < -0.3 is 0 Å². The smallest absolute Gasteiger partial charge is 0.0339 e. The van der Waals surface area contributed by atoms with E-state index in [0.29, 0.717) is 22.1 Å². The number of allylic oxidation sites excluding steroid dienone is 1. The molecule has 30 heavy (non-hydrogen) atoms. The second kappa shape index (κ2) is 8.76. The normalized spacial score (nSPS) is 47.8. The lowest BCUT2D eigenvalue weighted by molar-refractivity contribution is -0.113. The minimum atomic E-state index is 0.454. The lowest BCUT2D eigenvalue weighted by atomic mass is 9.44. The number of hydrogen-bond donors (Lipinski definition) is 0. The molecule has 0 aromatic heterocycles. The first-order chi connectivity index (χ1) is 14.2. The highest BCUT2D eigenvalue weighted by molar-refractivity contribution is 6.20. The van der Waals surface area contributed by atoms with Gasteiger partial charge in [0.05, 0.1) is 0 Å². The maximum atomic E-state index is 6.61. The van der Waals surface area contributed by atoms with Crippen LogP contribution >= 0.6 is 11.6 Å². The molecule has 4 saturated carbocycles. The number of halogens is 1. The van der Waals surface area contributed by atoms with Gasteiger partial charge in [-0.3, -0.25) is 0 Å². The highest BCUT2D eigenvalue weighted by atomic mass is 35.5. The highest BCUT2D eigenvalue weighted by Gasteiger charge is 2.60. The fourth-order valence-corrected chi connectivity index (χ4v) is 9.89. The van der Waals surface area contributed by atoms with Crippen LogP contribution in [0.4, 0.5) is 0 Å². The van der Waals surface area contributed by atoms with E-state index in [1.54, 1.807) is 0 Å². The van der Waals surface area contributed by atoms with Crippen LogP contribution in [-0.4, -0.2) is 5.38 Å². The summed E-state index contributed by atoms with van der Waals surface area (Å²) in [6.07, 6.45) is 17.9. The van der Waals surface area contributed by atoms with Gasteiger partial charge in [-0.15, -0.1) is 18.2 Å². The van der Waals surface area contributed by atoms with Gasteiger partial charge in [-0.25, -0.2) is 0 Å². The van der Waals surface area contributed by atoms with Gasteiger partial charge in [0.25, 0.3) is 0 Å². The Bertz CT molecular complexity index is 609. The first kappa shape index (κ1) is 23.2. The van der Waals surface area contributed by atoms with Crippen LogP contribution in [0.3, 0.4) is 0 Å². The third-order valence-corrected chi connectivity index (χ3v) is 11.9. The van der Waals surface area contributed by atoms with Crippen molar-refractivity contribution in [2.24, 2.45) is 58.2 Å². The largest absolute Gasteiger partial charge is 0.123 e. The van der Waals surface area contributed by atoms with Crippen molar-refractivity contribution in [1.82, 2.24) is 0 Å². The maximum absolute atomic E-state index is 6.61. The summed E-state index contributed by atoms with van der Waals surface area (Å²) in [5.41, 5.74) is 1.20. The van der Waals surface area contributed by atoms with Gasteiger partial charge in [-0.1, -0.05) is 40.7 Å². The Morgan fingerprint density at radius 2 is 1.60 bits per heavy atom. The predicted octanol–water partition coefficient (Wildman–Crippen LogP) is 9.13. The molecule has 10 atom stereocenters. The molecular weight excluding hydrogens is 384 g/mol. The van der Waals surface area contributed by atoms with Crippen molar-refractivity contribution in [2.75, 3.05) is 0 Å². The van der Waals surface area contributed by atoms with Crippen LogP contribution in [0.5, 0.6) is 0 Å². The van der Waals surface area contributed by atoms with Gasteiger partial charge in [0.1, 0.15) is 0 Å². The van der Waals surface area contributed by atoms with Crippen molar-refractivity contribution in [3.8, 4) is 0 Å². The summed E-state index contributed by atoms with van der Waals surface area (Å²) >= 11 is 6.61. The minimum absolute atomic E-state index is 0.454. The van der Waals surface area contributed by atoms with E-state index in [0.717, 1.165) is 41.4 Å². The zero-order valence-electron chi connectivity index (χ0n) is 20.6. The number of fused-ring (bicyclic) bond motifs is 5. The summed E-state index contributed by atoms with van der Waals surface area (Å²) in [7, 11) is 0. The first-order valence-electron chi connectivity index (χ1n) is 13.5. The molecule has 1 unspecified atom stereocenters. The van der Waals surface area contributed by atoms with Gasteiger partial charge in [-0.05, 0) is 129 Å². The van der Waals surface area contributed by atoms with E-state index in [1.807, 2.05) is 0 Å². The fraction of sp³-hybridized carbons (Fsp3) is 0.931. The van der Waals surface area contributed by atoms with E-state index in [9.17, 15) is 0 Å². The number of rotatable bonds is 6. The third-order valence-electron chi connectivity index (χ3n) is 11.5. The molecule has 0 spiro atoms. The van der Waals surface area contributed by atoms with Crippen molar-refractivity contribution >= 4 is 11.6 Å². The number of hydrogen-bond acceptors (Lipinski definition) is 0. The summed E-state index contributed by atoms with van der Waals surface area (Å²) in [6, 6.07) is 0. The molecule has 0 aromatic rings. The van der Waals surface area contributed by atoms with Crippen LogP contribution in [-0.2, 0) is 0 Å². The Balaban J connectivity index is 1.45. The Hall–Kier alpha value is 0.0300. The summed E-state index contributed by atoms with van der Waals surface area (Å²) < 4.78 is 0. The fourth-order valence-electron chi connectivity index (χ4n) is 9.56. The summed E-state index contributed by atoms with van der Waals surface area (Å²) in [4.78, 5) is 0. The molecule has 4 aliphatic rings. The molecule has 0 aromatic carbocycles. The molecule has 172 valence electrons. The number of alkyl halides is 1. The molecular formula is C29H49Cl. The second-order valence-corrected chi connectivity index (χ2v) is 13.6. The monoisotopic (exact) mass is 432 g/mol. The van der Waals surface area contributed by atoms with E-state index in [-0.39, 0.29) is 0 Å². The summed E-state index contributed by atoms with van der Waals surface area (Å²) in [5.74, 6) is 7.14. The van der Waals surface area contributed by atoms with Crippen molar-refractivity contribution in [3.63, 3.8) is 0 Å². The average Bonchev–Trinajstić information content (AvgIpc) is 3.06. The SMILES string of the molecule is C=C[C@H](CC[C@@H](C)[C@H]1CC[C@H]2[C@@H]3CCC4C[C@@H](Cl)CC[C@]4(C)[C@H]3CC[C@]12C)C(C)C. The molecule has 4 rings (SSSR count). The van der Waals surface area contributed by atoms with Crippen LogP contribution < -0.4 is 0 Å². The van der Waals surface area contributed by atoms with Gasteiger partial charge in [0.15, 0.2) is 0 Å². The van der Waals surface area contributed by atoms with Crippen molar-refractivity contribution in [3.05, 3.63) is 12.7 Å². The molecule has 1 heteroatoms. The average molecular weight is 433 g/mol. The maximum Gasteiger partial charge on any atom is 0.0339 e. The predicted molar refractivity (Wildman–Crippen MR) is 132 cm³/mol. The van der Waals surface area contributed by atoms with E-state index in [4.69, 9.17) is 11.6 Å². The van der Waals surface area contributed by atoms with Gasteiger partial charge in [0, 0.05) is 5.38 Å². The standard InChI is InChI=1S/C29H49Cl/c1-7-21(19(2)3)9-8-20(4)25-12-13-26-24-11-10-22-18-23(30)14-16-28(22,5)27(24)15-17-29(25,26)6/h7,19-27H,1,8-18H2,2-6H3/t20-,21-,22?,23+,24+,25-,26+,27+,28+,29-/m1/s1. The zero-order valence-corrected chi connectivity index (χ0v) is 21.4. The lowest BCUT2D eigenvalue weighted by Crippen LogP contribution is -2.53. The van der Waals surface area contributed by atoms with Crippen molar-refractivity contribution in [1.29, 1.82) is 0 Å². The second-order valence-electron chi connectivity index (χ2n) is 13.0. The first-order valence-corrected chi connectivity index (χ1v) is 13.9. The summed E-state index contributed by atoms with van der Waals surface area (Å²) in [5, 5.41) is 0.454. The van der Waals surface area contributed by atoms with Crippen LogP contribution in [0.1, 0.15) is 105 Å². The lowest BCUT2D eigenvalue weighted by Gasteiger charge is -2.61. The van der Waals surface area contributed by atoms with E-state index in [1.165, 1.54) is 70.6 Å². The molecule has 0 nitrogen and oxygen atoms in total. The van der Waals surface area contributed by atoms with Crippen molar-refractivity contribution < 1.29 is 0 Å². The molecule has 4 fully saturated rings. The molecule has 0 radical (unpaired) electrons. The topological polar surface area (TPSA) is 0 Å². The molecule has 0 N–H and O–H groups in total. The van der Waals surface area contributed by atoms with Gasteiger partial charge >= 0.3 is 0 Å². The third kappa shape index (κ3) is 3.84. The van der Waals surface area contributed by atoms with Gasteiger partial charge in [-0.2, -0.15) is 0 Å². The molecule has 0 heterocycles. The van der Waals surface area contributed by atoms with Crippen LogP contribution in [0.2, 0.25) is 0 Å². The Labute approximate surface area is 193 Å². The van der Waals surface area contributed by atoms with E-state index >= 15 is 0 Å². The zero-order chi connectivity index (χ0) is 21.7. The summed E-state index contributed by atoms with van der Waals surface area (Å²) in [6.45, 7) is 16.8. The Kier molecular flexibility index (Phi) is 6.77. The molecule has 0 aliphatic heterocycles. The molecule has 0 bridgehead atoms. The Morgan fingerprint density at radius 3 is 2.30 bits per heavy atom. The molecule has 0 amide bonds. The highest BCUT2D eigenvalue weighted by Crippen LogP contribution is 2.68. The van der Waals surface area contributed by atoms with E-state index in [2.05, 4.69) is 47.3 Å². The van der Waals surface area contributed by atoms with Crippen molar-refractivity contribution in [2.45, 2.75) is 111 Å². The quantitative estimate of drug-likeness (QED) is 0.290. The Morgan fingerprint density at radius 1 is 0.900 bits per heavy atom. The van der Waals surface area contributed by atoms with Crippen LogP contribution in [0, 0.1) is 58.2 Å². The van der Waals surface area contributed by atoms with Crippen LogP contribution in [0.15, 0.2) is 12.7 Å². The minimum Gasteiger partial charge on any atom is -0.123 e. The molecule has 0 saturated heterocycles. The molecule has 4 aliphatic carbocycles.